The van der Waals surface area contributed by atoms with E-state index in [1.165, 1.54) is 12.1 Å². The minimum atomic E-state index is -3.75. The SMILES string of the molecule is Cc1ccc(CC(F)(F)C(=O)O)cc1Cl. The number of hydrogen-bond donors (Lipinski definition) is 1. The molecule has 1 rings (SSSR count). The van der Waals surface area contributed by atoms with Crippen LogP contribution in [0.15, 0.2) is 18.2 Å². The van der Waals surface area contributed by atoms with Crippen LogP contribution in [0.3, 0.4) is 0 Å². The van der Waals surface area contributed by atoms with Gasteiger partial charge in [0, 0.05) is 11.4 Å². The van der Waals surface area contributed by atoms with E-state index in [-0.39, 0.29) is 5.56 Å². The Balaban J connectivity index is 2.91. The fourth-order valence-electron chi connectivity index (χ4n) is 1.08. The quantitative estimate of drug-likeness (QED) is 0.873. The first kappa shape index (κ1) is 11.9. The molecule has 0 atom stereocenters. The summed E-state index contributed by atoms with van der Waals surface area (Å²) in [5.41, 5.74) is 0.969. The van der Waals surface area contributed by atoms with Crippen molar-refractivity contribution in [2.75, 3.05) is 0 Å². The van der Waals surface area contributed by atoms with Gasteiger partial charge in [-0.25, -0.2) is 4.79 Å². The first-order valence-electron chi connectivity index (χ1n) is 4.19. The van der Waals surface area contributed by atoms with Crippen LogP contribution in [0.4, 0.5) is 8.78 Å². The van der Waals surface area contributed by atoms with Crippen LogP contribution in [-0.2, 0) is 11.2 Å². The normalized spacial score (nSPS) is 11.5. The Morgan fingerprint density at radius 2 is 2.13 bits per heavy atom. The molecule has 0 saturated carbocycles. The van der Waals surface area contributed by atoms with Crippen LogP contribution < -0.4 is 0 Å². The predicted molar refractivity (Wildman–Crippen MR) is 52.5 cm³/mol. The first-order chi connectivity index (χ1) is 6.83. The molecule has 0 aliphatic carbocycles. The fourth-order valence-corrected chi connectivity index (χ4v) is 1.28. The number of carbonyl (C=O) groups is 1. The molecule has 0 saturated heterocycles. The largest absolute Gasteiger partial charge is 0.477 e. The van der Waals surface area contributed by atoms with Gasteiger partial charge in [0.2, 0.25) is 0 Å². The zero-order valence-electron chi connectivity index (χ0n) is 7.93. The minimum Gasteiger partial charge on any atom is -0.477 e. The standard InChI is InChI=1S/C10H9ClF2O2/c1-6-2-3-7(4-8(6)11)5-10(12,13)9(14)15/h2-4H,5H2,1H3,(H,14,15). The molecule has 1 aromatic carbocycles. The van der Waals surface area contributed by atoms with Gasteiger partial charge in [-0.15, -0.1) is 0 Å². The molecule has 0 fully saturated rings. The van der Waals surface area contributed by atoms with Gasteiger partial charge in [-0.3, -0.25) is 0 Å². The van der Waals surface area contributed by atoms with Crippen LogP contribution in [0.25, 0.3) is 0 Å². The summed E-state index contributed by atoms with van der Waals surface area (Å²) in [5, 5.41) is 8.60. The van der Waals surface area contributed by atoms with Gasteiger partial charge in [-0.1, -0.05) is 23.7 Å². The maximum absolute atomic E-state index is 12.8. The number of benzene rings is 1. The molecule has 0 amide bonds. The second kappa shape index (κ2) is 4.14. The average Bonchev–Trinajstić information content (AvgIpc) is 2.10. The molecule has 1 N–H and O–H groups in total. The highest BCUT2D eigenvalue weighted by Gasteiger charge is 2.38. The molecule has 2 nitrogen and oxygen atoms in total. The summed E-state index contributed by atoms with van der Waals surface area (Å²) < 4.78 is 25.6. The molecule has 15 heavy (non-hydrogen) atoms. The van der Waals surface area contributed by atoms with Crippen LogP contribution in [0, 0.1) is 6.92 Å². The predicted octanol–water partition coefficient (Wildman–Crippen LogP) is 2.91. The van der Waals surface area contributed by atoms with Crippen molar-refractivity contribution in [2.45, 2.75) is 19.3 Å². The van der Waals surface area contributed by atoms with Crippen LogP contribution >= 0.6 is 11.6 Å². The van der Waals surface area contributed by atoms with Crippen molar-refractivity contribution in [1.82, 2.24) is 0 Å². The molecular weight excluding hydrogens is 226 g/mol. The van der Waals surface area contributed by atoms with E-state index in [9.17, 15) is 13.6 Å². The third-order valence-corrected chi connectivity index (χ3v) is 2.38. The molecular formula is C10H9ClF2O2. The highest BCUT2D eigenvalue weighted by atomic mass is 35.5. The van der Waals surface area contributed by atoms with Gasteiger partial charge in [0.25, 0.3) is 0 Å². The maximum atomic E-state index is 12.8. The van der Waals surface area contributed by atoms with E-state index in [0.717, 1.165) is 5.56 Å². The maximum Gasteiger partial charge on any atom is 0.374 e. The fraction of sp³-hybridized carbons (Fsp3) is 0.300. The van der Waals surface area contributed by atoms with E-state index in [2.05, 4.69) is 0 Å². The molecule has 0 spiro atoms. The van der Waals surface area contributed by atoms with Crippen molar-refractivity contribution >= 4 is 17.6 Å². The molecule has 0 unspecified atom stereocenters. The second-order valence-electron chi connectivity index (χ2n) is 3.27. The second-order valence-corrected chi connectivity index (χ2v) is 3.68. The number of hydrogen-bond acceptors (Lipinski definition) is 1. The first-order valence-corrected chi connectivity index (χ1v) is 4.57. The van der Waals surface area contributed by atoms with Gasteiger partial charge in [-0.05, 0) is 24.1 Å². The highest BCUT2D eigenvalue weighted by Crippen LogP contribution is 2.23. The summed E-state index contributed by atoms with van der Waals surface area (Å²) in [7, 11) is 0. The van der Waals surface area contributed by atoms with Gasteiger partial charge in [0.15, 0.2) is 0 Å². The number of rotatable bonds is 3. The number of carboxylic acid groups (broad SMARTS) is 1. The molecule has 0 aliphatic rings. The molecule has 82 valence electrons. The molecule has 0 bridgehead atoms. The number of aliphatic carboxylic acids is 1. The van der Waals surface area contributed by atoms with Crippen molar-refractivity contribution in [2.24, 2.45) is 0 Å². The summed E-state index contributed by atoms with van der Waals surface area (Å²) in [6.45, 7) is 1.74. The molecule has 0 heterocycles. The molecule has 0 aliphatic heterocycles. The topological polar surface area (TPSA) is 37.3 Å². The number of aryl methyl sites for hydroxylation is 1. The van der Waals surface area contributed by atoms with Crippen LogP contribution in [0.2, 0.25) is 5.02 Å². The van der Waals surface area contributed by atoms with Crippen LogP contribution in [0.5, 0.6) is 0 Å². The highest BCUT2D eigenvalue weighted by molar-refractivity contribution is 6.31. The third kappa shape index (κ3) is 2.89. The summed E-state index contributed by atoms with van der Waals surface area (Å²) in [4.78, 5) is 10.2. The van der Waals surface area contributed by atoms with Crippen molar-refractivity contribution < 1.29 is 18.7 Å². The number of carboxylic acids is 1. The Morgan fingerprint density at radius 3 is 2.60 bits per heavy atom. The van der Waals surface area contributed by atoms with E-state index < -0.39 is 18.3 Å². The summed E-state index contributed by atoms with van der Waals surface area (Å²) >= 11 is 5.73. The molecule has 1 aromatic rings. The Labute approximate surface area is 90.5 Å². The lowest BCUT2D eigenvalue weighted by Crippen LogP contribution is -2.30. The monoisotopic (exact) mass is 234 g/mol. The third-order valence-electron chi connectivity index (χ3n) is 1.98. The van der Waals surface area contributed by atoms with Gasteiger partial charge in [0.05, 0.1) is 0 Å². The van der Waals surface area contributed by atoms with E-state index in [1.54, 1.807) is 13.0 Å². The molecule has 0 radical (unpaired) electrons. The summed E-state index contributed by atoms with van der Waals surface area (Å²) in [6.07, 6.45) is -0.845. The lowest BCUT2D eigenvalue weighted by atomic mass is 10.1. The van der Waals surface area contributed by atoms with Crippen molar-refractivity contribution in [1.29, 1.82) is 0 Å². The van der Waals surface area contributed by atoms with Gasteiger partial charge in [0.1, 0.15) is 0 Å². The summed E-state index contributed by atoms with van der Waals surface area (Å²) in [6, 6.07) is 4.38. The van der Waals surface area contributed by atoms with E-state index in [1.807, 2.05) is 0 Å². The lowest BCUT2D eigenvalue weighted by Gasteiger charge is -2.11. The smallest absolute Gasteiger partial charge is 0.374 e. The van der Waals surface area contributed by atoms with E-state index in [0.29, 0.717) is 5.02 Å². The molecule has 5 heteroatoms. The Kier molecular flexibility index (Phi) is 3.29. The minimum absolute atomic E-state index is 0.206. The average molecular weight is 235 g/mol. The van der Waals surface area contributed by atoms with Gasteiger partial charge >= 0.3 is 11.9 Å². The Hall–Kier alpha value is -1.16. The lowest BCUT2D eigenvalue weighted by molar-refractivity contribution is -0.164. The Morgan fingerprint density at radius 1 is 1.53 bits per heavy atom. The Bertz CT molecular complexity index is 391. The van der Waals surface area contributed by atoms with Crippen LogP contribution in [0.1, 0.15) is 11.1 Å². The summed E-state index contributed by atoms with van der Waals surface area (Å²) in [5.74, 6) is -5.88. The van der Waals surface area contributed by atoms with Crippen LogP contribution in [-0.4, -0.2) is 17.0 Å². The van der Waals surface area contributed by atoms with Crippen molar-refractivity contribution in [3.63, 3.8) is 0 Å². The zero-order chi connectivity index (χ0) is 11.6. The van der Waals surface area contributed by atoms with E-state index >= 15 is 0 Å². The van der Waals surface area contributed by atoms with Gasteiger partial charge in [-0.2, -0.15) is 8.78 Å². The zero-order valence-corrected chi connectivity index (χ0v) is 8.68. The number of alkyl halides is 2. The van der Waals surface area contributed by atoms with Crippen molar-refractivity contribution in [3.05, 3.63) is 34.3 Å². The molecule has 0 aromatic heterocycles. The van der Waals surface area contributed by atoms with Crippen molar-refractivity contribution in [3.8, 4) is 0 Å². The van der Waals surface area contributed by atoms with E-state index in [4.69, 9.17) is 16.7 Å². The van der Waals surface area contributed by atoms with Gasteiger partial charge < -0.3 is 5.11 Å². The number of halogens is 3.